The van der Waals surface area contributed by atoms with Crippen molar-refractivity contribution in [1.82, 2.24) is 15.0 Å². The van der Waals surface area contributed by atoms with E-state index in [0.717, 1.165) is 43.4 Å². The zero-order chi connectivity index (χ0) is 25.6. The molecule has 3 N–H and O–H groups in total. The summed E-state index contributed by atoms with van der Waals surface area (Å²) in [5.41, 5.74) is 3.31. The number of piperidine rings is 1. The first-order chi connectivity index (χ1) is 17.2. The number of halogens is 1. The topological polar surface area (TPSA) is 135 Å². The third-order valence-corrected chi connectivity index (χ3v) is 7.67. The number of hydrogen-bond acceptors (Lipinski definition) is 8. The van der Waals surface area contributed by atoms with Crippen molar-refractivity contribution in [3.05, 3.63) is 51.9 Å². The van der Waals surface area contributed by atoms with Crippen LogP contribution in [-0.2, 0) is 0 Å². The quantitative estimate of drug-likeness (QED) is 0.428. The summed E-state index contributed by atoms with van der Waals surface area (Å²) < 4.78 is 0. The second-order valence-electron chi connectivity index (χ2n) is 9.87. The van der Waals surface area contributed by atoms with Gasteiger partial charge in [0.25, 0.3) is 0 Å². The molecule has 36 heavy (non-hydrogen) atoms. The van der Waals surface area contributed by atoms with Crippen LogP contribution in [-0.4, -0.2) is 50.3 Å². The SMILES string of the molecule is Cc1cc(C(C)Nc2ccc(Cl)nc2C(=O)O)c2nc(N3CCCC4(CCC4O)C3)c(C#N)nc2c1. The Hall–Kier alpha value is -3.48. The number of anilines is 2. The molecule has 0 bridgehead atoms. The van der Waals surface area contributed by atoms with Crippen LogP contribution in [0.15, 0.2) is 24.3 Å². The highest BCUT2D eigenvalue weighted by molar-refractivity contribution is 6.29. The molecule has 0 radical (unpaired) electrons. The van der Waals surface area contributed by atoms with Crippen LogP contribution in [0, 0.1) is 23.7 Å². The fourth-order valence-corrected chi connectivity index (χ4v) is 5.62. The van der Waals surface area contributed by atoms with Crippen molar-refractivity contribution >= 4 is 40.1 Å². The lowest BCUT2D eigenvalue weighted by Crippen LogP contribution is -2.55. The Labute approximate surface area is 213 Å². The van der Waals surface area contributed by atoms with Crippen molar-refractivity contribution in [2.24, 2.45) is 5.41 Å². The molecule has 1 aliphatic heterocycles. The summed E-state index contributed by atoms with van der Waals surface area (Å²) in [6, 6.07) is 8.88. The molecular weight excluding hydrogens is 480 g/mol. The first-order valence-electron chi connectivity index (χ1n) is 12.0. The Morgan fingerprint density at radius 2 is 2.11 bits per heavy atom. The molecule has 2 aliphatic rings. The van der Waals surface area contributed by atoms with Gasteiger partial charge >= 0.3 is 5.97 Å². The number of aromatic carboxylic acids is 1. The summed E-state index contributed by atoms with van der Waals surface area (Å²) >= 11 is 5.91. The van der Waals surface area contributed by atoms with E-state index in [-0.39, 0.29) is 34.1 Å². The minimum absolute atomic E-state index is 0.0991. The fourth-order valence-electron chi connectivity index (χ4n) is 5.47. The van der Waals surface area contributed by atoms with Gasteiger partial charge in [0.1, 0.15) is 11.2 Å². The first-order valence-corrected chi connectivity index (χ1v) is 12.4. The molecule has 3 heterocycles. The molecule has 1 spiro atoms. The van der Waals surface area contributed by atoms with Gasteiger partial charge in [-0.3, -0.25) is 0 Å². The number of aromatic nitrogens is 3. The standard InChI is InChI=1S/C26H27ClN6O3/c1-14-10-16(15(2)29-17-4-5-21(27)31-23(17)25(35)36)22-18(11-14)30-19(12-28)24(32-22)33-9-3-7-26(13-33)8-6-20(26)34/h4-5,10-11,15,20,29,34H,3,6-9,13H2,1-2H3,(H,35,36). The van der Waals surface area contributed by atoms with Gasteiger partial charge in [-0.05, 0) is 63.3 Å². The van der Waals surface area contributed by atoms with Crippen LogP contribution in [0.4, 0.5) is 11.5 Å². The van der Waals surface area contributed by atoms with Crippen molar-refractivity contribution in [1.29, 1.82) is 5.26 Å². The normalized spacial score (nSPS) is 22.2. The molecular formula is C26H27ClN6O3. The third-order valence-electron chi connectivity index (χ3n) is 7.46. The van der Waals surface area contributed by atoms with Crippen LogP contribution in [0.3, 0.4) is 0 Å². The van der Waals surface area contributed by atoms with Gasteiger partial charge in [0, 0.05) is 24.1 Å². The minimum atomic E-state index is -1.18. The minimum Gasteiger partial charge on any atom is -0.476 e. The van der Waals surface area contributed by atoms with Gasteiger partial charge in [-0.15, -0.1) is 0 Å². The molecule has 1 saturated heterocycles. The number of aliphatic hydroxyl groups is 1. The second-order valence-corrected chi connectivity index (χ2v) is 10.3. The Balaban J connectivity index is 1.56. The van der Waals surface area contributed by atoms with Crippen molar-refractivity contribution in [3.8, 4) is 6.07 Å². The molecule has 3 unspecified atom stereocenters. The summed E-state index contributed by atoms with van der Waals surface area (Å²) in [6.07, 6.45) is 3.35. The number of carbonyl (C=O) groups is 1. The number of carboxylic acid groups (broad SMARTS) is 1. The molecule has 0 amide bonds. The average Bonchev–Trinajstić information content (AvgIpc) is 2.87. The molecule has 2 aromatic heterocycles. The van der Waals surface area contributed by atoms with Gasteiger partial charge < -0.3 is 20.4 Å². The summed E-state index contributed by atoms with van der Waals surface area (Å²) in [6.45, 7) is 5.25. The molecule has 3 aromatic rings. The largest absolute Gasteiger partial charge is 0.476 e. The number of benzene rings is 1. The van der Waals surface area contributed by atoms with Crippen molar-refractivity contribution in [3.63, 3.8) is 0 Å². The van der Waals surface area contributed by atoms with Gasteiger partial charge in [-0.25, -0.2) is 19.7 Å². The molecule has 1 aliphatic carbocycles. The fraction of sp³-hybridized carbons (Fsp3) is 0.423. The average molecular weight is 507 g/mol. The molecule has 1 saturated carbocycles. The number of nitrogens with zero attached hydrogens (tertiary/aromatic N) is 5. The maximum absolute atomic E-state index is 11.7. The highest BCUT2D eigenvalue weighted by atomic mass is 35.5. The van der Waals surface area contributed by atoms with E-state index in [1.165, 1.54) is 6.07 Å². The summed E-state index contributed by atoms with van der Waals surface area (Å²) in [5.74, 6) is -0.654. The first kappa shape index (κ1) is 24.2. The molecule has 10 heteroatoms. The number of nitrogens with one attached hydrogen (secondary N) is 1. The van der Waals surface area contributed by atoms with Crippen LogP contribution < -0.4 is 10.2 Å². The number of carboxylic acids is 1. The van der Waals surface area contributed by atoms with Crippen molar-refractivity contribution in [2.75, 3.05) is 23.3 Å². The van der Waals surface area contributed by atoms with E-state index in [4.69, 9.17) is 16.6 Å². The molecule has 2 fully saturated rings. The van der Waals surface area contributed by atoms with E-state index in [9.17, 15) is 20.3 Å². The summed E-state index contributed by atoms with van der Waals surface area (Å²) in [4.78, 5) is 27.4. The number of fused-ring (bicyclic) bond motifs is 1. The van der Waals surface area contributed by atoms with Gasteiger partial charge in [0.15, 0.2) is 17.2 Å². The highest BCUT2D eigenvalue weighted by Crippen LogP contribution is 2.48. The highest BCUT2D eigenvalue weighted by Gasteiger charge is 2.48. The Morgan fingerprint density at radius 3 is 2.78 bits per heavy atom. The molecule has 9 nitrogen and oxygen atoms in total. The van der Waals surface area contributed by atoms with E-state index >= 15 is 0 Å². The predicted octanol–water partition coefficient (Wildman–Crippen LogP) is 4.47. The maximum Gasteiger partial charge on any atom is 0.356 e. The number of hydrogen-bond donors (Lipinski definition) is 3. The lowest BCUT2D eigenvalue weighted by Gasteiger charge is -2.52. The van der Waals surface area contributed by atoms with E-state index in [1.807, 2.05) is 26.0 Å². The van der Waals surface area contributed by atoms with Crippen LogP contribution in [0.25, 0.3) is 11.0 Å². The third kappa shape index (κ3) is 4.21. The van der Waals surface area contributed by atoms with E-state index in [2.05, 4.69) is 26.3 Å². The zero-order valence-electron chi connectivity index (χ0n) is 20.1. The molecule has 5 rings (SSSR count). The lowest BCUT2D eigenvalue weighted by atomic mass is 9.62. The van der Waals surface area contributed by atoms with Crippen molar-refractivity contribution < 1.29 is 15.0 Å². The van der Waals surface area contributed by atoms with E-state index in [0.29, 0.717) is 29.1 Å². The monoisotopic (exact) mass is 506 g/mol. The van der Waals surface area contributed by atoms with Gasteiger partial charge in [0.05, 0.1) is 28.9 Å². The smallest absolute Gasteiger partial charge is 0.356 e. The number of aryl methyl sites for hydroxylation is 1. The van der Waals surface area contributed by atoms with E-state index < -0.39 is 5.97 Å². The van der Waals surface area contributed by atoms with Gasteiger partial charge in [-0.2, -0.15) is 5.26 Å². The zero-order valence-corrected chi connectivity index (χ0v) is 20.9. The Morgan fingerprint density at radius 1 is 1.31 bits per heavy atom. The predicted molar refractivity (Wildman–Crippen MR) is 136 cm³/mol. The number of nitriles is 1. The van der Waals surface area contributed by atoms with Crippen LogP contribution in [0.2, 0.25) is 5.15 Å². The van der Waals surface area contributed by atoms with Crippen LogP contribution >= 0.6 is 11.6 Å². The molecule has 1 aromatic carbocycles. The lowest BCUT2D eigenvalue weighted by molar-refractivity contribution is -0.0719. The van der Waals surface area contributed by atoms with E-state index in [1.54, 1.807) is 6.07 Å². The van der Waals surface area contributed by atoms with Crippen LogP contribution in [0.5, 0.6) is 0 Å². The van der Waals surface area contributed by atoms with Crippen molar-refractivity contribution in [2.45, 2.75) is 51.7 Å². The maximum atomic E-state index is 11.7. The van der Waals surface area contributed by atoms with Gasteiger partial charge in [0.2, 0.25) is 0 Å². The van der Waals surface area contributed by atoms with Gasteiger partial charge in [-0.1, -0.05) is 17.7 Å². The summed E-state index contributed by atoms with van der Waals surface area (Å²) in [5, 5.41) is 33.3. The summed E-state index contributed by atoms with van der Waals surface area (Å²) in [7, 11) is 0. The van der Waals surface area contributed by atoms with Crippen LogP contribution in [0.1, 0.15) is 66.0 Å². The number of pyridine rings is 1. The Kier molecular flexibility index (Phi) is 6.18. The number of aliphatic hydroxyl groups excluding tert-OH is 1. The molecule has 3 atom stereocenters. The number of rotatable bonds is 5. The Bertz CT molecular complexity index is 1410. The second kappa shape index (κ2) is 9.19. The molecule has 186 valence electrons.